The first-order chi connectivity index (χ1) is 10.3. The van der Waals surface area contributed by atoms with Crippen LogP contribution in [0.1, 0.15) is 12.0 Å². The Morgan fingerprint density at radius 3 is 2.23 bits per heavy atom. The normalized spacial score (nSPS) is 11.3. The Kier molecular flexibility index (Phi) is 6.09. The molecule has 0 aliphatic carbocycles. The second kappa shape index (κ2) is 7.79. The van der Waals surface area contributed by atoms with Crippen LogP contribution in [0.5, 0.6) is 0 Å². The predicted molar refractivity (Wildman–Crippen MR) is 77.5 cm³/mol. The van der Waals surface area contributed by atoms with Crippen LogP contribution in [0, 0.1) is 0 Å². The van der Waals surface area contributed by atoms with Gasteiger partial charge in [0, 0.05) is 17.1 Å². The molecule has 0 bridgehead atoms. The van der Waals surface area contributed by atoms with Crippen LogP contribution >= 0.6 is 0 Å². The van der Waals surface area contributed by atoms with Gasteiger partial charge in [0.15, 0.2) is 0 Å². The topological polar surface area (TPSA) is 154 Å². The maximum atomic E-state index is 10.5. The molecule has 0 fully saturated rings. The van der Waals surface area contributed by atoms with Gasteiger partial charge in [0.1, 0.15) is 6.04 Å². The summed E-state index contributed by atoms with van der Waals surface area (Å²) in [6.07, 6.45) is 1.29. The molecule has 0 saturated heterocycles. The van der Waals surface area contributed by atoms with Gasteiger partial charge in [0.05, 0.1) is 12.8 Å². The fourth-order valence-corrected chi connectivity index (χ4v) is 1.72. The van der Waals surface area contributed by atoms with Gasteiger partial charge >= 0.3 is 17.9 Å². The van der Waals surface area contributed by atoms with Gasteiger partial charge in [-0.1, -0.05) is 18.2 Å². The number of aromatic amines is 1. The van der Waals surface area contributed by atoms with Crippen LogP contribution in [0.25, 0.3) is 10.9 Å². The molecule has 0 amide bonds. The summed E-state index contributed by atoms with van der Waals surface area (Å²) in [5.41, 5.74) is 6.66. The highest BCUT2D eigenvalue weighted by Crippen LogP contribution is 2.17. The maximum absolute atomic E-state index is 10.5. The minimum atomic E-state index is -1.29. The molecule has 0 unspecified atom stereocenters. The molecule has 2 aromatic rings. The summed E-state index contributed by atoms with van der Waals surface area (Å²) in [7, 11) is 0. The number of carboxylic acid groups (broad SMARTS) is 3. The van der Waals surface area contributed by atoms with Gasteiger partial charge in [-0.15, -0.1) is 0 Å². The number of aromatic nitrogens is 1. The van der Waals surface area contributed by atoms with Crippen molar-refractivity contribution in [2.75, 3.05) is 0 Å². The van der Waals surface area contributed by atoms with E-state index < -0.39 is 30.4 Å². The van der Waals surface area contributed by atoms with Gasteiger partial charge in [-0.05, 0) is 11.6 Å². The van der Waals surface area contributed by atoms with Crippen LogP contribution in [0.2, 0.25) is 0 Å². The molecule has 0 spiro atoms. The first kappa shape index (κ1) is 17.2. The van der Waals surface area contributed by atoms with Gasteiger partial charge in [0.2, 0.25) is 0 Å². The smallest absolute Gasteiger partial charge is 0.321 e. The van der Waals surface area contributed by atoms with E-state index in [2.05, 4.69) is 4.98 Å². The fourth-order valence-electron chi connectivity index (χ4n) is 1.72. The number of fused-ring (bicyclic) bond motifs is 1. The van der Waals surface area contributed by atoms with E-state index >= 15 is 0 Å². The standard InChI is InChI=1S/C10H9NO2.C4H7NO4/c12-10(13)5-7-6-11-9-4-2-1-3-8(7)9;5-2(4(8)9)1-3(6)7/h1-4,6,11H,5H2,(H,12,13);2H,1,5H2,(H,6,7)(H,8,9)/t;2-/m.0/s1. The number of nitrogens with one attached hydrogen (secondary N) is 1. The Bertz CT molecular complexity index is 679. The number of rotatable bonds is 5. The zero-order chi connectivity index (χ0) is 16.7. The summed E-state index contributed by atoms with van der Waals surface area (Å²) in [4.78, 5) is 33.1. The molecule has 1 aromatic heterocycles. The summed E-state index contributed by atoms with van der Waals surface area (Å²) in [6.45, 7) is 0. The van der Waals surface area contributed by atoms with Gasteiger partial charge in [-0.2, -0.15) is 0 Å². The van der Waals surface area contributed by atoms with Crippen molar-refractivity contribution in [3.05, 3.63) is 36.0 Å². The lowest BCUT2D eigenvalue weighted by molar-refractivity contribution is -0.144. The van der Waals surface area contributed by atoms with E-state index in [-0.39, 0.29) is 6.42 Å². The Hall–Kier alpha value is -2.87. The molecule has 0 aliphatic rings. The molecule has 8 heteroatoms. The van der Waals surface area contributed by atoms with Gasteiger partial charge in [-0.25, -0.2) is 0 Å². The summed E-state index contributed by atoms with van der Waals surface area (Å²) in [5.74, 6) is -3.30. The Morgan fingerprint density at radius 1 is 1.09 bits per heavy atom. The minimum Gasteiger partial charge on any atom is -0.481 e. The molecule has 0 aliphatic heterocycles. The highest BCUT2D eigenvalue weighted by atomic mass is 16.4. The molecule has 8 nitrogen and oxygen atoms in total. The molecule has 1 aromatic carbocycles. The number of hydrogen-bond donors (Lipinski definition) is 5. The quantitative estimate of drug-likeness (QED) is 0.543. The number of para-hydroxylation sites is 1. The molecule has 1 atom stereocenters. The van der Waals surface area contributed by atoms with Crippen molar-refractivity contribution in [1.82, 2.24) is 4.98 Å². The van der Waals surface area contributed by atoms with Crippen molar-refractivity contribution >= 4 is 28.8 Å². The van der Waals surface area contributed by atoms with Crippen LogP contribution in [0.15, 0.2) is 30.5 Å². The van der Waals surface area contributed by atoms with Crippen LogP contribution in [-0.2, 0) is 20.8 Å². The fraction of sp³-hybridized carbons (Fsp3) is 0.214. The number of carboxylic acids is 3. The maximum Gasteiger partial charge on any atom is 0.321 e. The van der Waals surface area contributed by atoms with Crippen molar-refractivity contribution in [1.29, 1.82) is 0 Å². The zero-order valence-electron chi connectivity index (χ0n) is 11.5. The summed E-state index contributed by atoms with van der Waals surface area (Å²) >= 11 is 0. The Labute approximate surface area is 125 Å². The zero-order valence-corrected chi connectivity index (χ0v) is 11.5. The molecular weight excluding hydrogens is 292 g/mol. The first-order valence-corrected chi connectivity index (χ1v) is 6.28. The minimum absolute atomic E-state index is 0.0734. The number of aliphatic carboxylic acids is 3. The van der Waals surface area contributed by atoms with E-state index in [1.165, 1.54) is 0 Å². The summed E-state index contributed by atoms with van der Waals surface area (Å²) in [5, 5.41) is 25.7. The number of hydrogen-bond acceptors (Lipinski definition) is 4. The predicted octanol–water partition coefficient (Wildman–Crippen LogP) is 0.668. The van der Waals surface area contributed by atoms with E-state index in [4.69, 9.17) is 21.1 Å². The third-order valence-corrected chi connectivity index (χ3v) is 2.73. The lowest BCUT2D eigenvalue weighted by Gasteiger charge is -1.99. The summed E-state index contributed by atoms with van der Waals surface area (Å²) in [6, 6.07) is 6.39. The largest absolute Gasteiger partial charge is 0.481 e. The van der Waals surface area contributed by atoms with Crippen molar-refractivity contribution < 1.29 is 29.7 Å². The highest BCUT2D eigenvalue weighted by Gasteiger charge is 2.14. The monoisotopic (exact) mass is 308 g/mol. The lowest BCUT2D eigenvalue weighted by atomic mass is 10.1. The van der Waals surface area contributed by atoms with E-state index in [1.54, 1.807) is 6.20 Å². The Morgan fingerprint density at radius 2 is 1.73 bits per heavy atom. The van der Waals surface area contributed by atoms with Crippen LogP contribution in [-0.4, -0.2) is 44.3 Å². The van der Waals surface area contributed by atoms with E-state index in [1.807, 2.05) is 24.3 Å². The van der Waals surface area contributed by atoms with Crippen molar-refractivity contribution in [2.24, 2.45) is 5.73 Å². The van der Waals surface area contributed by atoms with E-state index in [9.17, 15) is 14.4 Å². The third-order valence-electron chi connectivity index (χ3n) is 2.73. The molecule has 0 radical (unpaired) electrons. The van der Waals surface area contributed by atoms with Crippen molar-refractivity contribution in [2.45, 2.75) is 18.9 Å². The molecule has 0 saturated carbocycles. The number of nitrogens with two attached hydrogens (primary N) is 1. The summed E-state index contributed by atoms with van der Waals surface area (Å²) < 4.78 is 0. The average Bonchev–Trinajstić information content (AvgIpc) is 2.81. The SMILES string of the molecule is N[C@@H](CC(=O)O)C(=O)O.O=C(O)Cc1c[nH]c2ccccc12. The van der Waals surface area contributed by atoms with Gasteiger partial charge in [-0.3, -0.25) is 14.4 Å². The first-order valence-electron chi connectivity index (χ1n) is 6.28. The molecular formula is C14H16N2O6. The molecule has 6 N–H and O–H groups in total. The number of benzene rings is 1. The van der Waals surface area contributed by atoms with Crippen LogP contribution < -0.4 is 5.73 Å². The second-order valence-electron chi connectivity index (χ2n) is 4.47. The lowest BCUT2D eigenvalue weighted by Crippen LogP contribution is -2.32. The molecule has 2 rings (SSSR count). The van der Waals surface area contributed by atoms with Gasteiger partial charge in [0.25, 0.3) is 0 Å². The van der Waals surface area contributed by atoms with Crippen LogP contribution in [0.3, 0.4) is 0 Å². The molecule has 22 heavy (non-hydrogen) atoms. The van der Waals surface area contributed by atoms with E-state index in [0.717, 1.165) is 16.5 Å². The Balaban J connectivity index is 0.000000239. The van der Waals surface area contributed by atoms with Gasteiger partial charge < -0.3 is 26.0 Å². The highest BCUT2D eigenvalue weighted by molar-refractivity contribution is 5.86. The number of H-pyrrole nitrogens is 1. The second-order valence-corrected chi connectivity index (χ2v) is 4.47. The van der Waals surface area contributed by atoms with Crippen molar-refractivity contribution in [3.8, 4) is 0 Å². The molecule has 1 heterocycles. The average molecular weight is 308 g/mol. The molecule has 118 valence electrons. The van der Waals surface area contributed by atoms with E-state index in [0.29, 0.717) is 0 Å². The van der Waals surface area contributed by atoms with Crippen LogP contribution in [0.4, 0.5) is 0 Å². The van der Waals surface area contributed by atoms with Crippen molar-refractivity contribution in [3.63, 3.8) is 0 Å². The third kappa shape index (κ3) is 5.25. The number of carbonyl (C=O) groups is 3.